The van der Waals surface area contributed by atoms with Gasteiger partial charge < -0.3 is 14.2 Å². The number of amides is 1. The zero-order valence-corrected chi connectivity index (χ0v) is 19.5. The van der Waals surface area contributed by atoms with Gasteiger partial charge in [-0.25, -0.2) is 14.4 Å². The van der Waals surface area contributed by atoms with Gasteiger partial charge in [0.15, 0.2) is 0 Å². The second-order valence-electron chi connectivity index (χ2n) is 8.63. The molecule has 5 rings (SSSR count). The van der Waals surface area contributed by atoms with Crippen LogP contribution in [0, 0.1) is 12.7 Å². The van der Waals surface area contributed by atoms with Crippen LogP contribution in [0.2, 0.25) is 0 Å². The van der Waals surface area contributed by atoms with Gasteiger partial charge in [0.2, 0.25) is 5.88 Å². The molecular weight excluding hydrogens is 445 g/mol. The Morgan fingerprint density at radius 3 is 2.60 bits per heavy atom. The van der Waals surface area contributed by atoms with Crippen LogP contribution in [0.5, 0.6) is 11.6 Å². The second kappa shape index (κ2) is 10.0. The van der Waals surface area contributed by atoms with Crippen molar-refractivity contribution in [2.75, 3.05) is 13.1 Å². The summed E-state index contributed by atoms with van der Waals surface area (Å²) in [5.41, 5.74) is 2.42. The fourth-order valence-corrected chi connectivity index (χ4v) is 4.48. The molecule has 35 heavy (non-hydrogen) atoms. The lowest BCUT2D eigenvalue weighted by atomic mass is 9.92. The zero-order valence-electron chi connectivity index (χ0n) is 19.5. The molecule has 178 valence electrons. The monoisotopic (exact) mass is 471 g/mol. The number of aromatic nitrogens is 4. The molecule has 1 aliphatic heterocycles. The number of halogens is 1. The number of rotatable bonds is 6. The number of benzene rings is 2. The van der Waals surface area contributed by atoms with Crippen LogP contribution >= 0.6 is 0 Å². The lowest BCUT2D eigenvalue weighted by Crippen LogP contribution is -2.38. The molecule has 0 atom stereocenters. The van der Waals surface area contributed by atoms with Crippen LogP contribution in [-0.4, -0.2) is 43.4 Å². The Bertz CT molecular complexity index is 1330. The minimum atomic E-state index is -0.372. The maximum absolute atomic E-state index is 13.6. The standard InChI is InChI=1S/C27H26FN5O2/c1-19-29-13-16-33(19)18-21-5-2-3-8-24(21)27(34)32-14-9-20(10-15-32)25-26(31-12-11-30-25)35-23-7-4-6-22(28)17-23/h2-8,11-13,16-17,20H,9-10,14-15,18H2,1H3. The molecule has 0 unspecified atom stereocenters. The van der Waals surface area contributed by atoms with Crippen molar-refractivity contribution in [2.45, 2.75) is 32.2 Å². The summed E-state index contributed by atoms with van der Waals surface area (Å²) in [4.78, 5) is 28.5. The van der Waals surface area contributed by atoms with E-state index in [0.29, 0.717) is 36.8 Å². The van der Waals surface area contributed by atoms with Gasteiger partial charge >= 0.3 is 0 Å². The summed E-state index contributed by atoms with van der Waals surface area (Å²) in [6.45, 7) is 3.77. The molecule has 0 radical (unpaired) electrons. The van der Waals surface area contributed by atoms with E-state index >= 15 is 0 Å². The van der Waals surface area contributed by atoms with E-state index in [1.165, 1.54) is 12.1 Å². The van der Waals surface area contributed by atoms with Crippen molar-refractivity contribution in [3.8, 4) is 11.6 Å². The highest BCUT2D eigenvalue weighted by atomic mass is 19.1. The van der Waals surface area contributed by atoms with Crippen LogP contribution < -0.4 is 4.74 Å². The van der Waals surface area contributed by atoms with E-state index in [1.54, 1.807) is 30.7 Å². The first kappa shape index (κ1) is 22.7. The first-order valence-electron chi connectivity index (χ1n) is 11.7. The number of hydrogen-bond donors (Lipinski definition) is 0. The molecular formula is C27H26FN5O2. The Hall–Kier alpha value is -4.07. The number of piperidine rings is 1. The van der Waals surface area contributed by atoms with E-state index in [1.807, 2.05) is 46.9 Å². The molecule has 1 fully saturated rings. The summed E-state index contributed by atoms with van der Waals surface area (Å²) >= 11 is 0. The summed E-state index contributed by atoms with van der Waals surface area (Å²) in [5, 5.41) is 0. The highest BCUT2D eigenvalue weighted by Gasteiger charge is 2.28. The van der Waals surface area contributed by atoms with Gasteiger partial charge in [-0.1, -0.05) is 24.3 Å². The minimum Gasteiger partial charge on any atom is -0.437 e. The first-order valence-corrected chi connectivity index (χ1v) is 11.7. The van der Waals surface area contributed by atoms with Crippen LogP contribution in [0.15, 0.2) is 73.3 Å². The number of aryl methyl sites for hydroxylation is 1. The van der Waals surface area contributed by atoms with Gasteiger partial charge in [-0.3, -0.25) is 9.78 Å². The summed E-state index contributed by atoms with van der Waals surface area (Å²) in [7, 11) is 0. The Balaban J connectivity index is 1.28. The van der Waals surface area contributed by atoms with E-state index < -0.39 is 0 Å². The quantitative estimate of drug-likeness (QED) is 0.397. The van der Waals surface area contributed by atoms with Crippen molar-refractivity contribution in [3.05, 3.63) is 102 Å². The zero-order chi connectivity index (χ0) is 24.2. The SMILES string of the molecule is Cc1nccn1Cc1ccccc1C(=O)N1CCC(c2nccnc2Oc2cccc(F)c2)CC1. The van der Waals surface area contributed by atoms with Crippen LogP contribution in [0.1, 0.15) is 46.2 Å². The van der Waals surface area contributed by atoms with E-state index in [-0.39, 0.29) is 17.6 Å². The van der Waals surface area contributed by atoms with E-state index in [4.69, 9.17) is 4.74 Å². The highest BCUT2D eigenvalue weighted by molar-refractivity contribution is 5.95. The van der Waals surface area contributed by atoms with Crippen molar-refractivity contribution in [1.82, 2.24) is 24.4 Å². The molecule has 0 bridgehead atoms. The van der Waals surface area contributed by atoms with Gasteiger partial charge in [0, 0.05) is 62.0 Å². The number of nitrogens with zero attached hydrogens (tertiary/aromatic N) is 5. The molecule has 1 aliphatic rings. The van der Waals surface area contributed by atoms with Crippen LogP contribution in [0.25, 0.3) is 0 Å². The smallest absolute Gasteiger partial charge is 0.254 e. The van der Waals surface area contributed by atoms with Gasteiger partial charge in [0.25, 0.3) is 5.91 Å². The number of ether oxygens (including phenoxy) is 1. The van der Waals surface area contributed by atoms with Crippen molar-refractivity contribution < 1.29 is 13.9 Å². The molecule has 0 saturated carbocycles. The van der Waals surface area contributed by atoms with Crippen molar-refractivity contribution in [1.29, 1.82) is 0 Å². The largest absolute Gasteiger partial charge is 0.437 e. The molecule has 0 spiro atoms. The van der Waals surface area contributed by atoms with Gasteiger partial charge in [0.05, 0.1) is 0 Å². The van der Waals surface area contributed by atoms with Crippen molar-refractivity contribution in [3.63, 3.8) is 0 Å². The third-order valence-electron chi connectivity index (χ3n) is 6.38. The predicted molar refractivity (Wildman–Crippen MR) is 129 cm³/mol. The lowest BCUT2D eigenvalue weighted by molar-refractivity contribution is 0.0710. The maximum atomic E-state index is 13.6. The molecule has 2 aromatic carbocycles. The van der Waals surface area contributed by atoms with E-state index in [2.05, 4.69) is 15.0 Å². The van der Waals surface area contributed by atoms with Crippen LogP contribution in [0.3, 0.4) is 0 Å². The summed E-state index contributed by atoms with van der Waals surface area (Å²) < 4.78 is 21.5. The Labute approximate surface area is 203 Å². The molecule has 0 aliphatic carbocycles. The molecule has 1 saturated heterocycles. The van der Waals surface area contributed by atoms with Gasteiger partial charge in [-0.05, 0) is 43.5 Å². The van der Waals surface area contributed by atoms with Gasteiger partial charge in [0.1, 0.15) is 23.1 Å². The predicted octanol–water partition coefficient (Wildman–Crippen LogP) is 4.98. The number of likely N-dealkylation sites (tertiary alicyclic amines) is 1. The van der Waals surface area contributed by atoms with E-state index in [9.17, 15) is 9.18 Å². The number of carbonyl (C=O) groups is 1. The molecule has 1 amide bonds. The normalized spacial score (nSPS) is 14.2. The summed E-state index contributed by atoms with van der Waals surface area (Å²) in [5.74, 6) is 1.43. The second-order valence-corrected chi connectivity index (χ2v) is 8.63. The van der Waals surface area contributed by atoms with Crippen LogP contribution in [-0.2, 0) is 6.54 Å². The lowest BCUT2D eigenvalue weighted by Gasteiger charge is -2.32. The van der Waals surface area contributed by atoms with Crippen molar-refractivity contribution >= 4 is 5.91 Å². The summed E-state index contributed by atoms with van der Waals surface area (Å²) in [6.07, 6.45) is 8.38. The molecule has 0 N–H and O–H groups in total. The average Bonchev–Trinajstić information content (AvgIpc) is 3.28. The molecule has 8 heteroatoms. The van der Waals surface area contributed by atoms with Crippen molar-refractivity contribution in [2.24, 2.45) is 0 Å². The minimum absolute atomic E-state index is 0.0344. The Morgan fingerprint density at radius 2 is 1.83 bits per heavy atom. The highest BCUT2D eigenvalue weighted by Crippen LogP contribution is 2.34. The molecule has 4 aromatic rings. The molecule has 3 heterocycles. The third-order valence-corrected chi connectivity index (χ3v) is 6.38. The fraction of sp³-hybridized carbons (Fsp3) is 0.259. The van der Waals surface area contributed by atoms with Crippen LogP contribution in [0.4, 0.5) is 4.39 Å². The Kier molecular flexibility index (Phi) is 6.52. The third kappa shape index (κ3) is 5.06. The number of carbonyl (C=O) groups excluding carboxylic acids is 1. The van der Waals surface area contributed by atoms with Gasteiger partial charge in [-0.2, -0.15) is 0 Å². The number of imidazole rings is 1. The maximum Gasteiger partial charge on any atom is 0.254 e. The Morgan fingerprint density at radius 1 is 1.03 bits per heavy atom. The molecule has 2 aromatic heterocycles. The fourth-order valence-electron chi connectivity index (χ4n) is 4.48. The topological polar surface area (TPSA) is 73.1 Å². The van der Waals surface area contributed by atoms with E-state index in [0.717, 1.165) is 29.9 Å². The molecule has 7 nitrogen and oxygen atoms in total. The average molecular weight is 472 g/mol. The first-order chi connectivity index (χ1) is 17.1. The summed E-state index contributed by atoms with van der Waals surface area (Å²) in [6, 6.07) is 13.7. The van der Waals surface area contributed by atoms with Gasteiger partial charge in [-0.15, -0.1) is 0 Å². The number of hydrogen-bond acceptors (Lipinski definition) is 5.